The largest absolute Gasteiger partial charge is 0.379 e. The molecule has 7 rings (SSSR count). The molecule has 3 aromatic rings. The topological polar surface area (TPSA) is 53.1 Å². The van der Waals surface area contributed by atoms with E-state index in [-0.39, 0.29) is 29.2 Å². The molecule has 1 saturated carbocycles. The number of Topliss-reactive ketones (excluding diaryl/α,β-unsaturated/α-hetero) is 1. The van der Waals surface area contributed by atoms with Crippen molar-refractivity contribution in [1.82, 2.24) is 9.80 Å². The number of ether oxygens (including phenoxy) is 1. The van der Waals surface area contributed by atoms with Crippen molar-refractivity contribution in [2.24, 2.45) is 5.41 Å². The Morgan fingerprint density at radius 1 is 0.930 bits per heavy atom. The van der Waals surface area contributed by atoms with Crippen LogP contribution in [0.3, 0.4) is 0 Å². The van der Waals surface area contributed by atoms with Crippen molar-refractivity contribution in [3.63, 3.8) is 0 Å². The van der Waals surface area contributed by atoms with Crippen molar-refractivity contribution < 1.29 is 23.1 Å². The van der Waals surface area contributed by atoms with Gasteiger partial charge in [0.25, 0.3) is 5.91 Å². The zero-order valence-electron chi connectivity index (χ0n) is 24.3. The number of morpholine rings is 1. The maximum absolute atomic E-state index is 15.2. The number of fused-ring (bicyclic) bond motifs is 3. The molecule has 8 heteroatoms. The highest BCUT2D eigenvalue weighted by Crippen LogP contribution is 2.67. The number of benzene rings is 3. The molecular weight excluding hydrogens is 548 g/mol. The summed E-state index contributed by atoms with van der Waals surface area (Å²) < 4.78 is 33.4. The second-order valence-electron chi connectivity index (χ2n) is 12.2. The zero-order chi connectivity index (χ0) is 29.8. The maximum atomic E-state index is 15.2. The van der Waals surface area contributed by atoms with Crippen LogP contribution >= 0.6 is 0 Å². The lowest BCUT2D eigenvalue weighted by Crippen LogP contribution is -2.62. The number of allylic oxidation sites excluding steroid dienone is 1. The maximum Gasteiger partial charge on any atom is 0.254 e. The third-order valence-electron chi connectivity index (χ3n) is 10.1. The number of hydrogen-bond donors (Lipinski definition) is 0. The SMILES string of the molecule is CN1C[C@@H](c2ccc(F)cc2)[C@@]2(CCC/C(=C\c3ccc(F)cc3)C2=O)[C@@]12C(=O)N(CN1CCOCC1)c1ccccc12. The number of carbonyl (C=O) groups is 2. The molecule has 1 amide bonds. The van der Waals surface area contributed by atoms with Crippen molar-refractivity contribution >= 4 is 23.5 Å². The minimum atomic E-state index is -1.24. The molecule has 0 bridgehead atoms. The van der Waals surface area contributed by atoms with Crippen LogP contribution in [-0.2, 0) is 19.9 Å². The summed E-state index contributed by atoms with van der Waals surface area (Å²) in [6, 6.07) is 20.4. The summed E-state index contributed by atoms with van der Waals surface area (Å²) in [4.78, 5) is 36.5. The summed E-state index contributed by atoms with van der Waals surface area (Å²) in [6.07, 6.45) is 3.66. The summed E-state index contributed by atoms with van der Waals surface area (Å²) >= 11 is 0. The van der Waals surface area contributed by atoms with Gasteiger partial charge in [-0.3, -0.25) is 24.3 Å². The van der Waals surface area contributed by atoms with E-state index in [1.165, 1.54) is 24.3 Å². The number of amides is 1. The fourth-order valence-electron chi connectivity index (χ4n) is 8.21. The van der Waals surface area contributed by atoms with Crippen LogP contribution in [0.1, 0.15) is 41.9 Å². The van der Waals surface area contributed by atoms with Crippen LogP contribution in [0.5, 0.6) is 0 Å². The van der Waals surface area contributed by atoms with Crippen molar-refractivity contribution in [3.8, 4) is 0 Å². The molecule has 3 heterocycles. The number of hydrogen-bond acceptors (Lipinski definition) is 5. The Labute approximate surface area is 250 Å². The molecule has 0 aromatic heterocycles. The number of anilines is 1. The Kier molecular flexibility index (Phi) is 7.03. The molecule has 222 valence electrons. The molecule has 0 N–H and O–H groups in total. The third-order valence-corrected chi connectivity index (χ3v) is 10.1. The minimum absolute atomic E-state index is 0.0573. The number of nitrogens with zero attached hydrogens (tertiary/aromatic N) is 3. The summed E-state index contributed by atoms with van der Waals surface area (Å²) in [5.41, 5.74) is 1.53. The predicted octanol–water partition coefficient (Wildman–Crippen LogP) is 5.35. The van der Waals surface area contributed by atoms with Gasteiger partial charge in [-0.25, -0.2) is 8.78 Å². The van der Waals surface area contributed by atoms with Gasteiger partial charge in [-0.1, -0.05) is 42.5 Å². The van der Waals surface area contributed by atoms with Crippen LogP contribution in [0.15, 0.2) is 78.4 Å². The lowest BCUT2D eigenvalue weighted by molar-refractivity contribution is -0.146. The van der Waals surface area contributed by atoms with Gasteiger partial charge in [-0.15, -0.1) is 0 Å². The Morgan fingerprint density at radius 2 is 1.60 bits per heavy atom. The fourth-order valence-corrected chi connectivity index (χ4v) is 8.21. The van der Waals surface area contributed by atoms with Gasteiger partial charge in [0.2, 0.25) is 0 Å². The van der Waals surface area contributed by atoms with E-state index in [9.17, 15) is 8.78 Å². The highest BCUT2D eigenvalue weighted by Gasteiger charge is 2.75. The first-order valence-corrected chi connectivity index (χ1v) is 15.1. The molecule has 2 spiro atoms. The highest BCUT2D eigenvalue weighted by atomic mass is 19.1. The first kappa shape index (κ1) is 28.1. The van der Waals surface area contributed by atoms with Crippen molar-refractivity contribution in [2.75, 3.05) is 51.5 Å². The van der Waals surface area contributed by atoms with Crippen molar-refractivity contribution in [3.05, 3.63) is 107 Å². The number of halogens is 2. The van der Waals surface area contributed by atoms with E-state index in [1.807, 2.05) is 42.3 Å². The molecule has 0 unspecified atom stereocenters. The molecule has 0 radical (unpaired) electrons. The van der Waals surface area contributed by atoms with Crippen LogP contribution in [0, 0.1) is 17.0 Å². The average molecular weight is 584 g/mol. The summed E-state index contributed by atoms with van der Waals surface area (Å²) in [6.45, 7) is 3.55. The monoisotopic (exact) mass is 583 g/mol. The van der Waals surface area contributed by atoms with Gasteiger partial charge in [0, 0.05) is 31.1 Å². The number of likely N-dealkylation sites (N-methyl/N-ethyl adjacent to an activating group) is 1. The lowest BCUT2D eigenvalue weighted by Gasteiger charge is -2.49. The molecule has 3 atom stereocenters. The first-order chi connectivity index (χ1) is 20.9. The standard InChI is InChI=1S/C35H35F2N3O3/c1-38-22-30(25-10-14-28(37)15-11-25)34(16-4-5-26(32(34)41)21-24-8-12-27(36)13-9-24)35(38)29-6-2-3-7-31(29)40(33(35)42)23-39-17-19-43-20-18-39/h2-3,6-15,21,30H,4-5,16-20,22-23H2,1H3/b26-21+/t30-,34+,35+/m0/s1. The second-order valence-corrected chi connectivity index (χ2v) is 12.2. The van der Waals surface area contributed by atoms with E-state index in [2.05, 4.69) is 9.80 Å². The summed E-state index contributed by atoms with van der Waals surface area (Å²) in [5, 5.41) is 0. The Balaban J connectivity index is 1.42. The van der Waals surface area contributed by atoms with Gasteiger partial charge in [0.15, 0.2) is 5.78 Å². The van der Waals surface area contributed by atoms with Crippen LogP contribution in [0.25, 0.3) is 6.08 Å². The van der Waals surface area contributed by atoms with Crippen molar-refractivity contribution in [1.29, 1.82) is 0 Å². The first-order valence-electron chi connectivity index (χ1n) is 15.1. The molecule has 3 aromatic carbocycles. The third kappa shape index (κ3) is 4.22. The van der Waals surface area contributed by atoms with Gasteiger partial charge in [0.05, 0.1) is 31.0 Å². The number of carbonyl (C=O) groups excluding carboxylic acids is 2. The second kappa shape index (κ2) is 10.8. The minimum Gasteiger partial charge on any atom is -0.379 e. The molecule has 6 nitrogen and oxygen atoms in total. The molecular formula is C35H35F2N3O3. The Bertz CT molecular complexity index is 1580. The number of para-hydroxylation sites is 1. The quantitative estimate of drug-likeness (QED) is 0.388. The number of rotatable bonds is 4. The predicted molar refractivity (Wildman–Crippen MR) is 160 cm³/mol. The van der Waals surface area contributed by atoms with Gasteiger partial charge < -0.3 is 4.74 Å². The fraction of sp³-hybridized carbons (Fsp3) is 0.371. The smallest absolute Gasteiger partial charge is 0.254 e. The average Bonchev–Trinajstić information content (AvgIpc) is 3.43. The zero-order valence-corrected chi connectivity index (χ0v) is 24.3. The van der Waals surface area contributed by atoms with Gasteiger partial charge >= 0.3 is 0 Å². The normalized spacial score (nSPS) is 28.9. The van der Waals surface area contributed by atoms with Crippen molar-refractivity contribution in [2.45, 2.75) is 30.7 Å². The van der Waals surface area contributed by atoms with Gasteiger partial charge in [0.1, 0.15) is 17.2 Å². The lowest BCUT2D eigenvalue weighted by atomic mass is 9.53. The highest BCUT2D eigenvalue weighted by molar-refractivity contribution is 6.16. The van der Waals surface area contributed by atoms with Crippen LogP contribution < -0.4 is 4.90 Å². The Morgan fingerprint density at radius 3 is 2.33 bits per heavy atom. The van der Waals surface area contributed by atoms with Gasteiger partial charge in [-0.05, 0) is 79.4 Å². The molecule has 1 aliphatic carbocycles. The molecule has 4 aliphatic rings. The van der Waals surface area contributed by atoms with E-state index in [0.29, 0.717) is 51.3 Å². The molecule has 3 fully saturated rings. The summed E-state index contributed by atoms with van der Waals surface area (Å²) in [5.74, 6) is -1.18. The van der Waals surface area contributed by atoms with E-state index in [0.717, 1.165) is 35.5 Å². The van der Waals surface area contributed by atoms with E-state index >= 15 is 9.59 Å². The number of likely N-dealkylation sites (tertiary alicyclic amines) is 1. The van der Waals surface area contributed by atoms with E-state index in [4.69, 9.17) is 4.74 Å². The van der Waals surface area contributed by atoms with E-state index < -0.39 is 11.0 Å². The van der Waals surface area contributed by atoms with Gasteiger partial charge in [-0.2, -0.15) is 0 Å². The van der Waals surface area contributed by atoms with Crippen LogP contribution in [-0.4, -0.2) is 68.1 Å². The van der Waals surface area contributed by atoms with Crippen LogP contribution in [0.4, 0.5) is 14.5 Å². The van der Waals surface area contributed by atoms with E-state index in [1.54, 1.807) is 24.3 Å². The molecule has 2 saturated heterocycles. The molecule has 3 aliphatic heterocycles. The molecule has 43 heavy (non-hydrogen) atoms. The summed E-state index contributed by atoms with van der Waals surface area (Å²) in [7, 11) is 1.95. The van der Waals surface area contributed by atoms with Crippen LogP contribution in [0.2, 0.25) is 0 Å². The Hall–Kier alpha value is -3.72. The number of ketones is 1.